The molecule has 0 aliphatic heterocycles. The van der Waals surface area contributed by atoms with Gasteiger partial charge in [0.25, 0.3) is 0 Å². The van der Waals surface area contributed by atoms with Crippen LogP contribution in [0.5, 0.6) is 0 Å². The Hall–Kier alpha value is -0.870. The highest BCUT2D eigenvalue weighted by molar-refractivity contribution is 7.10. The lowest BCUT2D eigenvalue weighted by molar-refractivity contribution is -0.114. The molecule has 1 aromatic rings. The molecule has 1 atom stereocenters. The molecule has 4 heteroatoms. The second-order valence-electron chi connectivity index (χ2n) is 4.45. The van der Waals surface area contributed by atoms with Gasteiger partial charge in [0.2, 0.25) is 5.91 Å². The lowest BCUT2D eigenvalue weighted by atomic mass is 10.2. The summed E-state index contributed by atoms with van der Waals surface area (Å²) < 4.78 is 0. The van der Waals surface area contributed by atoms with Crippen LogP contribution >= 0.6 is 11.3 Å². The SMILES string of the molecule is CC(=O)Nc1ccsc1CNC(C)C1CC1. The quantitative estimate of drug-likeness (QED) is 0.828. The van der Waals surface area contributed by atoms with Gasteiger partial charge >= 0.3 is 0 Å². The molecule has 0 spiro atoms. The molecule has 2 rings (SSSR count). The van der Waals surface area contributed by atoms with Crippen LogP contribution in [0.15, 0.2) is 11.4 Å². The minimum absolute atomic E-state index is 0.00473. The van der Waals surface area contributed by atoms with Gasteiger partial charge in [0, 0.05) is 24.4 Å². The van der Waals surface area contributed by atoms with E-state index in [9.17, 15) is 4.79 Å². The van der Waals surface area contributed by atoms with E-state index in [1.165, 1.54) is 17.7 Å². The number of rotatable bonds is 5. The number of nitrogens with one attached hydrogen (secondary N) is 2. The zero-order chi connectivity index (χ0) is 11.5. The summed E-state index contributed by atoms with van der Waals surface area (Å²) in [5.41, 5.74) is 0.952. The second-order valence-corrected chi connectivity index (χ2v) is 5.45. The Morgan fingerprint density at radius 1 is 1.62 bits per heavy atom. The first kappa shape index (κ1) is 11.6. The van der Waals surface area contributed by atoms with Gasteiger partial charge in [0.15, 0.2) is 0 Å². The van der Waals surface area contributed by atoms with Crippen molar-refractivity contribution in [2.75, 3.05) is 5.32 Å². The third-order valence-corrected chi connectivity index (χ3v) is 3.89. The zero-order valence-corrected chi connectivity index (χ0v) is 10.6. The minimum Gasteiger partial charge on any atom is -0.325 e. The maximum Gasteiger partial charge on any atom is 0.221 e. The Morgan fingerprint density at radius 2 is 2.38 bits per heavy atom. The molecule has 2 N–H and O–H groups in total. The Bertz CT molecular complexity index is 371. The zero-order valence-electron chi connectivity index (χ0n) is 9.75. The van der Waals surface area contributed by atoms with E-state index < -0.39 is 0 Å². The summed E-state index contributed by atoms with van der Waals surface area (Å²) in [5, 5.41) is 8.39. The van der Waals surface area contributed by atoms with Crippen molar-refractivity contribution in [1.29, 1.82) is 0 Å². The fourth-order valence-corrected chi connectivity index (χ4v) is 2.58. The third-order valence-electron chi connectivity index (χ3n) is 2.97. The van der Waals surface area contributed by atoms with E-state index in [-0.39, 0.29) is 5.91 Å². The fourth-order valence-electron chi connectivity index (χ4n) is 1.80. The Kier molecular flexibility index (Phi) is 3.61. The van der Waals surface area contributed by atoms with Gasteiger partial charge in [0.1, 0.15) is 0 Å². The number of thiophene rings is 1. The van der Waals surface area contributed by atoms with Gasteiger partial charge in [-0.05, 0) is 37.1 Å². The predicted octanol–water partition coefficient (Wildman–Crippen LogP) is 2.59. The van der Waals surface area contributed by atoms with Crippen molar-refractivity contribution in [3.05, 3.63) is 16.3 Å². The van der Waals surface area contributed by atoms with Crippen molar-refractivity contribution in [3.63, 3.8) is 0 Å². The molecule has 1 unspecified atom stereocenters. The van der Waals surface area contributed by atoms with Gasteiger partial charge < -0.3 is 10.6 Å². The van der Waals surface area contributed by atoms with E-state index in [4.69, 9.17) is 0 Å². The third kappa shape index (κ3) is 3.06. The molecule has 1 saturated carbocycles. The Balaban J connectivity index is 1.87. The summed E-state index contributed by atoms with van der Waals surface area (Å²) in [6.07, 6.45) is 2.72. The monoisotopic (exact) mass is 238 g/mol. The molecule has 1 aliphatic carbocycles. The van der Waals surface area contributed by atoms with E-state index in [0.29, 0.717) is 6.04 Å². The van der Waals surface area contributed by atoms with Gasteiger partial charge in [-0.25, -0.2) is 0 Å². The molecule has 3 nitrogen and oxygen atoms in total. The maximum atomic E-state index is 11.0. The molecule has 0 aromatic carbocycles. The number of hydrogen-bond acceptors (Lipinski definition) is 3. The van der Waals surface area contributed by atoms with Crippen LogP contribution in [0, 0.1) is 5.92 Å². The normalized spacial score (nSPS) is 17.1. The van der Waals surface area contributed by atoms with Gasteiger partial charge in [-0.15, -0.1) is 11.3 Å². The highest BCUT2D eigenvalue weighted by Crippen LogP contribution is 2.32. The molecule has 1 aliphatic rings. The largest absolute Gasteiger partial charge is 0.325 e. The summed E-state index contributed by atoms with van der Waals surface area (Å²) in [4.78, 5) is 12.2. The van der Waals surface area contributed by atoms with Crippen molar-refractivity contribution in [2.45, 2.75) is 39.3 Å². The first-order valence-electron chi connectivity index (χ1n) is 5.74. The van der Waals surface area contributed by atoms with Crippen molar-refractivity contribution in [3.8, 4) is 0 Å². The van der Waals surface area contributed by atoms with Crippen molar-refractivity contribution < 1.29 is 4.79 Å². The number of amides is 1. The van der Waals surface area contributed by atoms with Gasteiger partial charge in [-0.3, -0.25) is 4.79 Å². The van der Waals surface area contributed by atoms with E-state index in [1.54, 1.807) is 18.3 Å². The predicted molar refractivity (Wildman–Crippen MR) is 67.6 cm³/mol. The average Bonchev–Trinajstić information content (AvgIpc) is 2.98. The summed E-state index contributed by atoms with van der Waals surface area (Å²) in [7, 11) is 0. The Labute approximate surface area is 100 Å². The van der Waals surface area contributed by atoms with Gasteiger partial charge in [-0.2, -0.15) is 0 Å². The molecule has 0 radical (unpaired) electrons. The molecule has 1 fully saturated rings. The summed E-state index contributed by atoms with van der Waals surface area (Å²) in [6.45, 7) is 4.63. The Morgan fingerprint density at radius 3 is 3.00 bits per heavy atom. The second kappa shape index (κ2) is 4.97. The number of carbonyl (C=O) groups is 1. The van der Waals surface area contributed by atoms with Crippen LogP contribution in [-0.2, 0) is 11.3 Å². The van der Waals surface area contributed by atoms with Crippen molar-refractivity contribution in [1.82, 2.24) is 5.32 Å². The van der Waals surface area contributed by atoms with Crippen LogP contribution in [0.3, 0.4) is 0 Å². The number of hydrogen-bond donors (Lipinski definition) is 2. The highest BCUT2D eigenvalue weighted by atomic mass is 32.1. The summed E-state index contributed by atoms with van der Waals surface area (Å²) in [5.74, 6) is 0.860. The summed E-state index contributed by atoms with van der Waals surface area (Å²) >= 11 is 1.69. The topological polar surface area (TPSA) is 41.1 Å². The molecule has 1 aromatic heterocycles. The van der Waals surface area contributed by atoms with E-state index in [2.05, 4.69) is 17.6 Å². The van der Waals surface area contributed by atoms with Crippen molar-refractivity contribution in [2.24, 2.45) is 5.92 Å². The molecule has 0 bridgehead atoms. The van der Waals surface area contributed by atoms with Crippen LogP contribution in [0.4, 0.5) is 5.69 Å². The van der Waals surface area contributed by atoms with Crippen LogP contribution in [0.2, 0.25) is 0 Å². The number of carbonyl (C=O) groups excluding carboxylic acids is 1. The lowest BCUT2D eigenvalue weighted by Crippen LogP contribution is -2.27. The van der Waals surface area contributed by atoms with Crippen LogP contribution in [0.1, 0.15) is 31.6 Å². The molecule has 88 valence electrons. The van der Waals surface area contributed by atoms with Crippen LogP contribution in [-0.4, -0.2) is 11.9 Å². The number of anilines is 1. The van der Waals surface area contributed by atoms with Crippen molar-refractivity contribution >= 4 is 22.9 Å². The highest BCUT2D eigenvalue weighted by Gasteiger charge is 2.27. The minimum atomic E-state index is -0.00473. The van der Waals surface area contributed by atoms with Crippen LogP contribution < -0.4 is 10.6 Å². The molecule has 1 amide bonds. The van der Waals surface area contributed by atoms with E-state index >= 15 is 0 Å². The smallest absolute Gasteiger partial charge is 0.221 e. The first-order chi connectivity index (χ1) is 7.66. The average molecular weight is 238 g/mol. The molecular formula is C12H18N2OS. The van der Waals surface area contributed by atoms with Gasteiger partial charge in [-0.1, -0.05) is 0 Å². The molecule has 0 saturated heterocycles. The van der Waals surface area contributed by atoms with Gasteiger partial charge in [0.05, 0.1) is 5.69 Å². The molecule has 16 heavy (non-hydrogen) atoms. The summed E-state index contributed by atoms with van der Waals surface area (Å²) in [6, 6.07) is 2.55. The van der Waals surface area contributed by atoms with E-state index in [0.717, 1.165) is 18.2 Å². The maximum absolute atomic E-state index is 11.0. The van der Waals surface area contributed by atoms with E-state index in [1.807, 2.05) is 11.4 Å². The standard InChI is InChI=1S/C12H18N2OS/c1-8(10-3-4-10)13-7-12-11(5-6-16-12)14-9(2)15/h5-6,8,10,13H,3-4,7H2,1-2H3,(H,14,15). The fraction of sp³-hybridized carbons (Fsp3) is 0.583. The van der Waals surface area contributed by atoms with Crippen LogP contribution in [0.25, 0.3) is 0 Å². The lowest BCUT2D eigenvalue weighted by Gasteiger charge is -2.12. The molecule has 1 heterocycles. The molecular weight excluding hydrogens is 220 g/mol. The first-order valence-corrected chi connectivity index (χ1v) is 6.62.